The van der Waals surface area contributed by atoms with Gasteiger partial charge in [0.05, 0.1) is 32.7 Å². The zero-order valence-corrected chi connectivity index (χ0v) is 19.6. The van der Waals surface area contributed by atoms with E-state index in [4.69, 9.17) is 14.0 Å². The number of nitrogens with zero attached hydrogens (tertiary/aromatic N) is 3. The maximum Gasteiger partial charge on any atom is 0.241 e. The minimum atomic E-state index is -0.314. The maximum atomic E-state index is 13.1. The first-order valence-corrected chi connectivity index (χ1v) is 11.3. The van der Waals surface area contributed by atoms with Crippen molar-refractivity contribution in [2.24, 2.45) is 5.92 Å². The van der Waals surface area contributed by atoms with Gasteiger partial charge in [-0.25, -0.2) is 4.39 Å². The molecule has 1 N–H and O–H groups in total. The molecule has 0 spiro atoms. The molecule has 180 valence electrons. The SMILES string of the molecule is COc1ccc(C(C)NC(=O)C2CCCN(Cc3nc(-c4ccc(F)cc4)no3)C2)cc1OC. The number of carbonyl (C=O) groups excluding carboxylic acids is 1. The number of hydrogen-bond donors (Lipinski definition) is 1. The first-order valence-electron chi connectivity index (χ1n) is 11.3. The Kier molecular flexibility index (Phi) is 7.42. The van der Waals surface area contributed by atoms with Crippen LogP contribution in [0.1, 0.15) is 37.3 Å². The van der Waals surface area contributed by atoms with Gasteiger partial charge in [-0.15, -0.1) is 0 Å². The van der Waals surface area contributed by atoms with E-state index in [1.54, 1.807) is 26.4 Å². The summed E-state index contributed by atoms with van der Waals surface area (Å²) in [6, 6.07) is 11.4. The van der Waals surface area contributed by atoms with Gasteiger partial charge in [-0.1, -0.05) is 11.2 Å². The third kappa shape index (κ3) is 5.53. The first kappa shape index (κ1) is 23.7. The van der Waals surface area contributed by atoms with Crippen molar-refractivity contribution in [3.8, 4) is 22.9 Å². The molecule has 2 atom stereocenters. The van der Waals surface area contributed by atoms with E-state index in [-0.39, 0.29) is 23.7 Å². The second kappa shape index (κ2) is 10.6. The monoisotopic (exact) mass is 468 g/mol. The summed E-state index contributed by atoms with van der Waals surface area (Å²) < 4.78 is 29.2. The highest BCUT2D eigenvalue weighted by Crippen LogP contribution is 2.30. The Morgan fingerprint density at radius 3 is 2.71 bits per heavy atom. The van der Waals surface area contributed by atoms with Crippen molar-refractivity contribution in [3.05, 3.63) is 59.7 Å². The number of likely N-dealkylation sites (tertiary alicyclic amines) is 1. The van der Waals surface area contributed by atoms with Crippen molar-refractivity contribution < 1.29 is 23.2 Å². The standard InChI is InChI=1S/C25H29FN4O4/c1-16(18-8-11-21(32-2)22(13-18)33-3)27-25(31)19-5-4-12-30(14-19)15-23-28-24(29-34-23)17-6-9-20(26)10-7-17/h6-11,13,16,19H,4-5,12,14-15H2,1-3H3,(H,27,31). The van der Waals surface area contributed by atoms with E-state index in [1.807, 2.05) is 25.1 Å². The molecule has 2 unspecified atom stereocenters. The predicted octanol–water partition coefficient (Wildman–Crippen LogP) is 3.98. The molecule has 0 aliphatic carbocycles. The first-order chi connectivity index (χ1) is 16.5. The van der Waals surface area contributed by atoms with Gasteiger partial charge in [-0.05, 0) is 68.3 Å². The van der Waals surface area contributed by atoms with Gasteiger partial charge >= 0.3 is 0 Å². The van der Waals surface area contributed by atoms with Gasteiger partial charge in [-0.2, -0.15) is 4.98 Å². The largest absolute Gasteiger partial charge is 0.493 e. The molecule has 3 aromatic rings. The molecule has 0 bridgehead atoms. The summed E-state index contributed by atoms with van der Waals surface area (Å²) in [6.45, 7) is 3.88. The van der Waals surface area contributed by atoms with Gasteiger partial charge in [-0.3, -0.25) is 9.69 Å². The van der Waals surface area contributed by atoms with E-state index >= 15 is 0 Å². The van der Waals surface area contributed by atoms with E-state index in [1.165, 1.54) is 12.1 Å². The number of methoxy groups -OCH3 is 2. The second-order valence-corrected chi connectivity index (χ2v) is 8.44. The summed E-state index contributed by atoms with van der Waals surface area (Å²) in [6.07, 6.45) is 1.73. The Hall–Kier alpha value is -3.46. The van der Waals surface area contributed by atoms with Crippen LogP contribution in [0.4, 0.5) is 4.39 Å². The summed E-state index contributed by atoms with van der Waals surface area (Å²) in [5.74, 6) is 1.75. The molecular formula is C25H29FN4O4. The van der Waals surface area contributed by atoms with Crippen LogP contribution in [0.3, 0.4) is 0 Å². The lowest BCUT2D eigenvalue weighted by atomic mass is 9.96. The number of hydrogen-bond acceptors (Lipinski definition) is 7. The number of benzene rings is 2. The maximum absolute atomic E-state index is 13.1. The fourth-order valence-corrected chi connectivity index (χ4v) is 4.18. The Balaban J connectivity index is 1.34. The highest BCUT2D eigenvalue weighted by molar-refractivity contribution is 5.79. The quantitative estimate of drug-likeness (QED) is 0.535. The lowest BCUT2D eigenvalue weighted by Crippen LogP contribution is -2.43. The van der Waals surface area contributed by atoms with Crippen LogP contribution in [0.2, 0.25) is 0 Å². The lowest BCUT2D eigenvalue weighted by Gasteiger charge is -2.31. The van der Waals surface area contributed by atoms with Crippen molar-refractivity contribution >= 4 is 5.91 Å². The number of amides is 1. The summed E-state index contributed by atoms with van der Waals surface area (Å²) in [7, 11) is 3.18. The van der Waals surface area contributed by atoms with Crippen LogP contribution in [-0.2, 0) is 11.3 Å². The number of aromatic nitrogens is 2. The van der Waals surface area contributed by atoms with E-state index in [0.717, 1.165) is 24.9 Å². The van der Waals surface area contributed by atoms with Crippen LogP contribution >= 0.6 is 0 Å². The molecule has 34 heavy (non-hydrogen) atoms. The number of piperidine rings is 1. The Morgan fingerprint density at radius 2 is 1.97 bits per heavy atom. The van der Waals surface area contributed by atoms with Gasteiger partial charge in [0.15, 0.2) is 11.5 Å². The second-order valence-electron chi connectivity index (χ2n) is 8.44. The summed E-state index contributed by atoms with van der Waals surface area (Å²) in [5.41, 5.74) is 1.63. The van der Waals surface area contributed by atoms with Gasteiger partial charge < -0.3 is 19.3 Å². The molecule has 2 aromatic carbocycles. The number of carbonyl (C=O) groups is 1. The normalized spacial score (nSPS) is 17.2. The number of halogens is 1. The Bertz CT molecular complexity index is 1120. The van der Waals surface area contributed by atoms with Crippen molar-refractivity contribution in [2.75, 3.05) is 27.3 Å². The number of nitrogens with one attached hydrogen (secondary N) is 1. The molecule has 0 radical (unpaired) electrons. The molecule has 1 saturated heterocycles. The molecule has 1 aliphatic rings. The van der Waals surface area contributed by atoms with Crippen LogP contribution in [0.25, 0.3) is 11.4 Å². The summed E-state index contributed by atoms with van der Waals surface area (Å²) in [5, 5.41) is 7.13. The molecule has 9 heteroatoms. The molecule has 8 nitrogen and oxygen atoms in total. The predicted molar refractivity (Wildman–Crippen MR) is 124 cm³/mol. The summed E-state index contributed by atoms with van der Waals surface area (Å²) in [4.78, 5) is 19.6. The zero-order valence-electron chi connectivity index (χ0n) is 19.6. The molecule has 1 fully saturated rings. The Morgan fingerprint density at radius 1 is 1.21 bits per heavy atom. The summed E-state index contributed by atoms with van der Waals surface area (Å²) >= 11 is 0. The molecule has 1 aromatic heterocycles. The van der Waals surface area contributed by atoms with Crippen molar-refractivity contribution in [1.82, 2.24) is 20.4 Å². The van der Waals surface area contributed by atoms with Crippen LogP contribution in [-0.4, -0.2) is 48.3 Å². The minimum Gasteiger partial charge on any atom is -0.493 e. The van der Waals surface area contributed by atoms with Gasteiger partial charge in [0.2, 0.25) is 17.6 Å². The highest BCUT2D eigenvalue weighted by Gasteiger charge is 2.28. The lowest BCUT2D eigenvalue weighted by molar-refractivity contribution is -0.127. The van der Waals surface area contributed by atoms with Crippen LogP contribution < -0.4 is 14.8 Å². The van der Waals surface area contributed by atoms with E-state index in [2.05, 4.69) is 20.4 Å². The molecule has 2 heterocycles. The zero-order chi connectivity index (χ0) is 24.1. The average Bonchev–Trinajstić information content (AvgIpc) is 3.32. The van der Waals surface area contributed by atoms with Gasteiger partial charge in [0.1, 0.15) is 5.82 Å². The molecule has 1 aliphatic heterocycles. The molecular weight excluding hydrogens is 439 g/mol. The minimum absolute atomic E-state index is 0.0181. The van der Waals surface area contributed by atoms with E-state index < -0.39 is 0 Å². The average molecular weight is 469 g/mol. The Labute approximate surface area is 198 Å². The smallest absolute Gasteiger partial charge is 0.241 e. The topological polar surface area (TPSA) is 89.7 Å². The van der Waals surface area contributed by atoms with Gasteiger partial charge in [0, 0.05) is 12.1 Å². The number of ether oxygens (including phenoxy) is 2. The highest BCUT2D eigenvalue weighted by atomic mass is 19.1. The third-order valence-corrected chi connectivity index (χ3v) is 6.07. The number of rotatable bonds is 8. The van der Waals surface area contributed by atoms with Crippen molar-refractivity contribution in [1.29, 1.82) is 0 Å². The van der Waals surface area contributed by atoms with Crippen LogP contribution in [0, 0.1) is 11.7 Å². The van der Waals surface area contributed by atoms with Crippen LogP contribution in [0.15, 0.2) is 47.0 Å². The third-order valence-electron chi connectivity index (χ3n) is 6.07. The van der Waals surface area contributed by atoms with Crippen molar-refractivity contribution in [3.63, 3.8) is 0 Å². The van der Waals surface area contributed by atoms with Gasteiger partial charge in [0.25, 0.3) is 0 Å². The van der Waals surface area contributed by atoms with E-state index in [0.29, 0.717) is 41.9 Å². The molecule has 4 rings (SSSR count). The van der Waals surface area contributed by atoms with E-state index in [9.17, 15) is 9.18 Å². The fraction of sp³-hybridized carbons (Fsp3) is 0.400. The molecule has 0 saturated carbocycles. The van der Waals surface area contributed by atoms with Crippen LogP contribution in [0.5, 0.6) is 11.5 Å². The molecule has 1 amide bonds. The fourth-order valence-electron chi connectivity index (χ4n) is 4.18. The van der Waals surface area contributed by atoms with Crippen molar-refractivity contribution in [2.45, 2.75) is 32.4 Å².